The van der Waals surface area contributed by atoms with Gasteiger partial charge in [-0.1, -0.05) is 30.3 Å². The van der Waals surface area contributed by atoms with E-state index in [4.69, 9.17) is 9.47 Å². The van der Waals surface area contributed by atoms with Crippen LogP contribution in [0.4, 0.5) is 0 Å². The molecule has 1 N–H and O–H groups in total. The van der Waals surface area contributed by atoms with E-state index in [-0.39, 0.29) is 19.6 Å². The lowest BCUT2D eigenvalue weighted by Crippen LogP contribution is -2.28. The van der Waals surface area contributed by atoms with Crippen molar-refractivity contribution >= 4 is 17.8 Å². The summed E-state index contributed by atoms with van der Waals surface area (Å²) in [6, 6.07) is 14.2. The molecular weight excluding hydrogens is 374 g/mol. The fraction of sp³-hybridized carbons (Fsp3) is 0.318. The van der Waals surface area contributed by atoms with Crippen LogP contribution in [0.5, 0.6) is 5.75 Å². The second-order valence-corrected chi connectivity index (χ2v) is 6.17. The van der Waals surface area contributed by atoms with Crippen molar-refractivity contribution in [3.05, 3.63) is 65.2 Å². The van der Waals surface area contributed by atoms with E-state index in [1.165, 1.54) is 7.11 Å². The molecular formula is C22H25NO6. The summed E-state index contributed by atoms with van der Waals surface area (Å²) in [5.74, 6) is -0.519. The first-order chi connectivity index (χ1) is 14.0. The van der Waals surface area contributed by atoms with E-state index >= 15 is 0 Å². The summed E-state index contributed by atoms with van der Waals surface area (Å²) >= 11 is 0. The minimum absolute atomic E-state index is 0.159. The van der Waals surface area contributed by atoms with Crippen molar-refractivity contribution in [3.63, 3.8) is 0 Å². The first kappa shape index (κ1) is 21.9. The molecule has 0 aliphatic carbocycles. The van der Waals surface area contributed by atoms with Crippen LogP contribution in [0.15, 0.2) is 48.5 Å². The summed E-state index contributed by atoms with van der Waals surface area (Å²) in [5.41, 5.74) is 2.17. The molecule has 1 amide bonds. The van der Waals surface area contributed by atoms with Crippen molar-refractivity contribution in [2.24, 2.45) is 0 Å². The Bertz CT molecular complexity index is 831. The van der Waals surface area contributed by atoms with Crippen molar-refractivity contribution in [2.75, 3.05) is 20.3 Å². The van der Waals surface area contributed by atoms with E-state index in [1.807, 2.05) is 31.2 Å². The molecule has 2 aromatic carbocycles. The molecule has 0 heterocycles. The number of aryl methyl sites for hydroxylation is 1. The second kappa shape index (κ2) is 11.5. The molecule has 0 aliphatic heterocycles. The van der Waals surface area contributed by atoms with Crippen molar-refractivity contribution in [1.82, 2.24) is 5.32 Å². The van der Waals surface area contributed by atoms with Gasteiger partial charge >= 0.3 is 11.9 Å². The molecule has 0 saturated carbocycles. The average Bonchev–Trinajstić information content (AvgIpc) is 2.75. The van der Waals surface area contributed by atoms with E-state index in [0.717, 1.165) is 16.9 Å². The highest BCUT2D eigenvalue weighted by Gasteiger charge is 2.10. The van der Waals surface area contributed by atoms with Gasteiger partial charge < -0.3 is 19.5 Å². The third kappa shape index (κ3) is 7.29. The number of benzene rings is 2. The average molecular weight is 399 g/mol. The second-order valence-electron chi connectivity index (χ2n) is 6.17. The quantitative estimate of drug-likeness (QED) is 0.618. The summed E-state index contributed by atoms with van der Waals surface area (Å²) in [6.45, 7) is 2.37. The lowest BCUT2D eigenvalue weighted by atomic mass is 10.1. The molecule has 0 bridgehead atoms. The number of hydrogen-bond acceptors (Lipinski definition) is 6. The zero-order valence-electron chi connectivity index (χ0n) is 16.6. The van der Waals surface area contributed by atoms with Gasteiger partial charge in [0.05, 0.1) is 19.3 Å². The van der Waals surface area contributed by atoms with Crippen LogP contribution in [-0.4, -0.2) is 38.2 Å². The Hall–Kier alpha value is -3.35. The molecule has 0 spiro atoms. The summed E-state index contributed by atoms with van der Waals surface area (Å²) < 4.78 is 15.2. The first-order valence-electron chi connectivity index (χ1n) is 9.33. The van der Waals surface area contributed by atoms with Gasteiger partial charge in [0.2, 0.25) is 0 Å². The van der Waals surface area contributed by atoms with Crippen LogP contribution < -0.4 is 10.1 Å². The monoisotopic (exact) mass is 399 g/mol. The van der Waals surface area contributed by atoms with Gasteiger partial charge in [-0.15, -0.1) is 0 Å². The normalized spacial score (nSPS) is 10.1. The number of methoxy groups -OCH3 is 1. The Labute approximate surface area is 170 Å². The van der Waals surface area contributed by atoms with Gasteiger partial charge in [0.1, 0.15) is 5.75 Å². The lowest BCUT2D eigenvalue weighted by molar-refractivity contribution is -0.148. The van der Waals surface area contributed by atoms with E-state index in [1.54, 1.807) is 24.3 Å². The number of para-hydroxylation sites is 1. The summed E-state index contributed by atoms with van der Waals surface area (Å²) in [6.07, 6.45) is 0.634. The SMILES string of the molecule is CCOc1ccccc1CCC(=O)OCC(=O)NCc1ccc(C(=O)OC)cc1. The fourth-order valence-electron chi connectivity index (χ4n) is 2.59. The number of esters is 2. The maximum absolute atomic E-state index is 11.9. The fourth-order valence-corrected chi connectivity index (χ4v) is 2.59. The number of hydrogen-bond donors (Lipinski definition) is 1. The molecule has 0 radical (unpaired) electrons. The van der Waals surface area contributed by atoms with E-state index in [9.17, 15) is 14.4 Å². The van der Waals surface area contributed by atoms with Gasteiger partial charge in [-0.2, -0.15) is 0 Å². The standard InChI is InChI=1S/C22H25NO6/c1-3-28-19-7-5-4-6-17(19)12-13-21(25)29-15-20(24)23-14-16-8-10-18(11-9-16)22(26)27-2/h4-11H,3,12-15H2,1-2H3,(H,23,24). The van der Waals surface area contributed by atoms with Crippen LogP contribution >= 0.6 is 0 Å². The Balaban J connectivity index is 1.71. The zero-order valence-corrected chi connectivity index (χ0v) is 16.6. The minimum Gasteiger partial charge on any atom is -0.494 e. The predicted octanol–water partition coefficient (Wildman–Crippen LogP) is 2.66. The molecule has 0 fully saturated rings. The van der Waals surface area contributed by atoms with Gasteiger partial charge in [-0.25, -0.2) is 4.79 Å². The van der Waals surface area contributed by atoms with Crippen molar-refractivity contribution in [3.8, 4) is 5.75 Å². The highest BCUT2D eigenvalue weighted by molar-refractivity contribution is 5.89. The van der Waals surface area contributed by atoms with Gasteiger partial charge in [0.15, 0.2) is 6.61 Å². The maximum Gasteiger partial charge on any atom is 0.337 e. The predicted molar refractivity (Wildman–Crippen MR) is 107 cm³/mol. The molecule has 0 aromatic heterocycles. The first-order valence-corrected chi connectivity index (χ1v) is 9.33. The van der Waals surface area contributed by atoms with Crippen LogP contribution in [0.25, 0.3) is 0 Å². The number of nitrogens with one attached hydrogen (secondary N) is 1. The molecule has 0 saturated heterocycles. The highest BCUT2D eigenvalue weighted by atomic mass is 16.5. The Morgan fingerprint density at radius 1 is 1.00 bits per heavy atom. The van der Waals surface area contributed by atoms with Crippen LogP contribution in [-0.2, 0) is 32.0 Å². The third-order valence-corrected chi connectivity index (χ3v) is 4.10. The molecule has 0 aliphatic rings. The maximum atomic E-state index is 11.9. The van der Waals surface area contributed by atoms with Gasteiger partial charge in [-0.05, 0) is 42.7 Å². The van der Waals surface area contributed by atoms with Crippen LogP contribution in [0.3, 0.4) is 0 Å². The Kier molecular flexibility index (Phi) is 8.69. The van der Waals surface area contributed by atoms with Crippen molar-refractivity contribution in [1.29, 1.82) is 0 Å². The van der Waals surface area contributed by atoms with Crippen LogP contribution in [0.1, 0.15) is 34.8 Å². The summed E-state index contributed by atoms with van der Waals surface area (Å²) in [5, 5.41) is 2.66. The molecule has 0 atom stereocenters. The number of amides is 1. The third-order valence-electron chi connectivity index (χ3n) is 4.10. The topological polar surface area (TPSA) is 90.9 Å². The van der Waals surface area contributed by atoms with E-state index < -0.39 is 17.8 Å². The van der Waals surface area contributed by atoms with E-state index in [2.05, 4.69) is 10.1 Å². The minimum atomic E-state index is -0.450. The molecule has 29 heavy (non-hydrogen) atoms. The zero-order chi connectivity index (χ0) is 21.1. The Morgan fingerprint density at radius 2 is 1.72 bits per heavy atom. The molecule has 2 aromatic rings. The Morgan fingerprint density at radius 3 is 2.41 bits per heavy atom. The van der Waals surface area contributed by atoms with Crippen molar-refractivity contribution in [2.45, 2.75) is 26.3 Å². The largest absolute Gasteiger partial charge is 0.494 e. The smallest absolute Gasteiger partial charge is 0.337 e. The molecule has 0 unspecified atom stereocenters. The summed E-state index contributed by atoms with van der Waals surface area (Å²) in [4.78, 5) is 35.2. The van der Waals surface area contributed by atoms with Gasteiger partial charge in [-0.3, -0.25) is 9.59 Å². The van der Waals surface area contributed by atoms with E-state index in [0.29, 0.717) is 18.6 Å². The van der Waals surface area contributed by atoms with Gasteiger partial charge in [0, 0.05) is 13.0 Å². The number of ether oxygens (including phenoxy) is 3. The van der Waals surface area contributed by atoms with Crippen LogP contribution in [0.2, 0.25) is 0 Å². The van der Waals surface area contributed by atoms with Crippen molar-refractivity contribution < 1.29 is 28.6 Å². The van der Waals surface area contributed by atoms with Gasteiger partial charge in [0.25, 0.3) is 5.91 Å². The molecule has 7 heteroatoms. The lowest BCUT2D eigenvalue weighted by Gasteiger charge is -2.10. The molecule has 154 valence electrons. The summed E-state index contributed by atoms with van der Waals surface area (Å²) in [7, 11) is 1.31. The molecule has 7 nitrogen and oxygen atoms in total. The number of carbonyl (C=O) groups excluding carboxylic acids is 3. The molecule has 2 rings (SSSR count). The number of carbonyl (C=O) groups is 3. The highest BCUT2D eigenvalue weighted by Crippen LogP contribution is 2.19. The number of rotatable bonds is 10. The van der Waals surface area contributed by atoms with Crippen LogP contribution in [0, 0.1) is 0 Å².